The molecule has 0 saturated carbocycles. The van der Waals surface area contributed by atoms with Crippen molar-refractivity contribution >= 4 is 15.9 Å². The first kappa shape index (κ1) is 19.7. The van der Waals surface area contributed by atoms with Crippen LogP contribution in [0.5, 0.6) is 0 Å². The highest BCUT2D eigenvalue weighted by Crippen LogP contribution is 2.16. The molecule has 2 aromatic carbocycles. The summed E-state index contributed by atoms with van der Waals surface area (Å²) in [5.74, 6) is 0.183. The van der Waals surface area contributed by atoms with E-state index in [1.54, 1.807) is 18.2 Å². The number of carbonyl (C=O) groups excluding carboxylic acids is 1. The Labute approximate surface area is 163 Å². The van der Waals surface area contributed by atoms with E-state index >= 15 is 0 Å². The van der Waals surface area contributed by atoms with E-state index in [9.17, 15) is 13.2 Å². The molecule has 0 aliphatic carbocycles. The van der Waals surface area contributed by atoms with Crippen LogP contribution in [0.25, 0.3) is 11.4 Å². The fourth-order valence-corrected chi connectivity index (χ4v) is 3.58. The Kier molecular flexibility index (Phi) is 5.86. The summed E-state index contributed by atoms with van der Waals surface area (Å²) < 4.78 is 31.0. The molecule has 0 unspecified atom stereocenters. The number of hydrogen-bond donors (Lipinski definition) is 1. The molecule has 28 heavy (non-hydrogen) atoms. The summed E-state index contributed by atoms with van der Waals surface area (Å²) in [6, 6.07) is 15.6. The SMILES string of the molecule is Cc1ccc(-c2noc(CNC(=O)CN(C)S(=O)(=O)c3ccccc3)n2)cc1. The quantitative estimate of drug-likeness (QED) is 0.650. The van der Waals surface area contributed by atoms with Crippen LogP contribution in [0.1, 0.15) is 11.5 Å². The van der Waals surface area contributed by atoms with E-state index in [0.29, 0.717) is 5.82 Å². The minimum Gasteiger partial charge on any atom is -0.346 e. The van der Waals surface area contributed by atoms with Crippen molar-refractivity contribution in [3.8, 4) is 11.4 Å². The van der Waals surface area contributed by atoms with Gasteiger partial charge in [0.05, 0.1) is 18.0 Å². The van der Waals surface area contributed by atoms with E-state index in [0.717, 1.165) is 15.4 Å². The van der Waals surface area contributed by atoms with Gasteiger partial charge in [-0.2, -0.15) is 9.29 Å². The maximum atomic E-state index is 12.4. The number of benzene rings is 2. The van der Waals surface area contributed by atoms with Crippen molar-refractivity contribution in [3.63, 3.8) is 0 Å². The number of hydrogen-bond acceptors (Lipinski definition) is 6. The summed E-state index contributed by atoms with van der Waals surface area (Å²) in [6.07, 6.45) is 0. The van der Waals surface area contributed by atoms with Crippen LogP contribution >= 0.6 is 0 Å². The van der Waals surface area contributed by atoms with Crippen LogP contribution in [0.2, 0.25) is 0 Å². The first-order chi connectivity index (χ1) is 13.4. The fourth-order valence-electron chi connectivity index (χ4n) is 2.44. The third-order valence-corrected chi connectivity index (χ3v) is 5.85. The zero-order valence-electron chi connectivity index (χ0n) is 15.5. The first-order valence-electron chi connectivity index (χ1n) is 8.54. The lowest BCUT2D eigenvalue weighted by Crippen LogP contribution is -2.38. The van der Waals surface area contributed by atoms with Crippen molar-refractivity contribution < 1.29 is 17.7 Å². The van der Waals surface area contributed by atoms with Crippen LogP contribution in [0.15, 0.2) is 64.0 Å². The summed E-state index contributed by atoms with van der Waals surface area (Å²) in [4.78, 5) is 16.5. The Bertz CT molecular complexity index is 1050. The monoisotopic (exact) mass is 400 g/mol. The number of rotatable bonds is 7. The largest absolute Gasteiger partial charge is 0.346 e. The highest BCUT2D eigenvalue weighted by atomic mass is 32.2. The van der Waals surface area contributed by atoms with Gasteiger partial charge < -0.3 is 9.84 Å². The molecule has 0 fully saturated rings. The van der Waals surface area contributed by atoms with E-state index in [1.807, 2.05) is 31.2 Å². The summed E-state index contributed by atoms with van der Waals surface area (Å²) in [7, 11) is -2.38. The van der Waals surface area contributed by atoms with E-state index in [1.165, 1.54) is 19.2 Å². The molecule has 0 spiro atoms. The second kappa shape index (κ2) is 8.32. The zero-order valence-corrected chi connectivity index (χ0v) is 16.3. The minimum atomic E-state index is -3.73. The number of nitrogens with one attached hydrogen (secondary N) is 1. The lowest BCUT2D eigenvalue weighted by atomic mass is 10.1. The van der Waals surface area contributed by atoms with Gasteiger partial charge in [-0.3, -0.25) is 4.79 Å². The standard InChI is InChI=1S/C19H20N4O4S/c1-14-8-10-15(11-9-14)19-21-18(27-22-19)12-20-17(24)13-23(2)28(25,26)16-6-4-3-5-7-16/h3-11H,12-13H2,1-2H3,(H,20,24). The van der Waals surface area contributed by atoms with Crippen LogP contribution in [-0.4, -0.2) is 42.4 Å². The molecule has 3 aromatic rings. The fraction of sp³-hybridized carbons (Fsp3) is 0.211. The van der Waals surface area contributed by atoms with Crippen molar-refractivity contribution in [1.82, 2.24) is 19.8 Å². The molecule has 0 aliphatic rings. The number of amides is 1. The van der Waals surface area contributed by atoms with Gasteiger partial charge in [-0.15, -0.1) is 0 Å². The average Bonchev–Trinajstić information content (AvgIpc) is 3.16. The maximum Gasteiger partial charge on any atom is 0.246 e. The van der Waals surface area contributed by atoms with Crippen LogP contribution in [0.4, 0.5) is 0 Å². The Balaban J connectivity index is 1.57. The first-order valence-corrected chi connectivity index (χ1v) is 9.98. The van der Waals surface area contributed by atoms with E-state index in [2.05, 4.69) is 15.5 Å². The van der Waals surface area contributed by atoms with Gasteiger partial charge in [0, 0.05) is 12.6 Å². The molecule has 3 rings (SSSR count). The van der Waals surface area contributed by atoms with Crippen molar-refractivity contribution in [1.29, 1.82) is 0 Å². The second-order valence-electron chi connectivity index (χ2n) is 6.23. The number of likely N-dealkylation sites (N-methyl/N-ethyl adjacent to an activating group) is 1. The summed E-state index contributed by atoms with van der Waals surface area (Å²) >= 11 is 0. The summed E-state index contributed by atoms with van der Waals surface area (Å²) in [5.41, 5.74) is 1.93. The normalized spacial score (nSPS) is 11.5. The molecule has 146 valence electrons. The van der Waals surface area contributed by atoms with Crippen molar-refractivity contribution in [3.05, 3.63) is 66.1 Å². The maximum absolute atomic E-state index is 12.4. The van der Waals surface area contributed by atoms with Gasteiger partial charge in [0.1, 0.15) is 0 Å². The Hall–Kier alpha value is -3.04. The average molecular weight is 400 g/mol. The third kappa shape index (κ3) is 4.62. The summed E-state index contributed by atoms with van der Waals surface area (Å²) in [6.45, 7) is 1.67. The van der Waals surface area contributed by atoms with Gasteiger partial charge in [0.25, 0.3) is 0 Å². The highest BCUT2D eigenvalue weighted by Gasteiger charge is 2.22. The summed E-state index contributed by atoms with van der Waals surface area (Å²) in [5, 5.41) is 6.48. The van der Waals surface area contributed by atoms with Crippen molar-refractivity contribution in [2.45, 2.75) is 18.4 Å². The molecule has 0 saturated heterocycles. The molecule has 1 aromatic heterocycles. The number of aromatic nitrogens is 2. The molecule has 1 N–H and O–H groups in total. The molecule has 0 atom stereocenters. The van der Waals surface area contributed by atoms with E-state index in [4.69, 9.17) is 4.52 Å². The number of carbonyl (C=O) groups is 1. The van der Waals surface area contributed by atoms with Crippen LogP contribution in [0, 0.1) is 6.92 Å². The van der Waals surface area contributed by atoms with Gasteiger partial charge in [-0.25, -0.2) is 8.42 Å². The lowest BCUT2D eigenvalue weighted by molar-refractivity contribution is -0.121. The molecule has 9 heteroatoms. The lowest BCUT2D eigenvalue weighted by Gasteiger charge is -2.16. The predicted molar refractivity (Wildman–Crippen MR) is 103 cm³/mol. The highest BCUT2D eigenvalue weighted by molar-refractivity contribution is 7.89. The Morgan fingerprint density at radius 1 is 1.11 bits per heavy atom. The van der Waals surface area contributed by atoms with Crippen molar-refractivity contribution in [2.24, 2.45) is 0 Å². The van der Waals surface area contributed by atoms with Crippen LogP contribution < -0.4 is 5.32 Å². The second-order valence-corrected chi connectivity index (χ2v) is 8.27. The van der Waals surface area contributed by atoms with Crippen LogP contribution in [-0.2, 0) is 21.4 Å². The van der Waals surface area contributed by atoms with Crippen LogP contribution in [0.3, 0.4) is 0 Å². The molecule has 1 heterocycles. The van der Waals surface area contributed by atoms with Gasteiger partial charge in [0.2, 0.25) is 27.6 Å². The smallest absolute Gasteiger partial charge is 0.246 e. The minimum absolute atomic E-state index is 0.0108. The van der Waals surface area contributed by atoms with Gasteiger partial charge in [0.15, 0.2) is 0 Å². The Morgan fingerprint density at radius 3 is 2.46 bits per heavy atom. The number of nitrogens with zero attached hydrogens (tertiary/aromatic N) is 3. The molecular formula is C19H20N4O4S. The zero-order chi connectivity index (χ0) is 20.1. The van der Waals surface area contributed by atoms with E-state index in [-0.39, 0.29) is 23.9 Å². The third-order valence-electron chi connectivity index (χ3n) is 4.03. The molecule has 0 radical (unpaired) electrons. The van der Waals surface area contributed by atoms with E-state index < -0.39 is 15.9 Å². The number of sulfonamides is 1. The van der Waals surface area contributed by atoms with Gasteiger partial charge in [-0.05, 0) is 19.1 Å². The van der Waals surface area contributed by atoms with Gasteiger partial charge >= 0.3 is 0 Å². The molecular weight excluding hydrogens is 380 g/mol. The molecule has 1 amide bonds. The molecule has 0 bridgehead atoms. The topological polar surface area (TPSA) is 105 Å². The Morgan fingerprint density at radius 2 is 1.79 bits per heavy atom. The molecule has 8 nitrogen and oxygen atoms in total. The number of aryl methyl sites for hydroxylation is 1. The van der Waals surface area contributed by atoms with Gasteiger partial charge in [-0.1, -0.05) is 53.2 Å². The molecule has 0 aliphatic heterocycles. The van der Waals surface area contributed by atoms with Crippen molar-refractivity contribution in [2.75, 3.05) is 13.6 Å². The predicted octanol–water partition coefficient (Wildman–Crippen LogP) is 1.98.